The Morgan fingerprint density at radius 3 is 2.79 bits per heavy atom. The van der Waals surface area contributed by atoms with Crippen molar-refractivity contribution in [3.8, 4) is 17.0 Å². The summed E-state index contributed by atoms with van der Waals surface area (Å²) in [7, 11) is 3.33. The van der Waals surface area contributed by atoms with Gasteiger partial charge in [-0.2, -0.15) is 5.10 Å². The Kier molecular flexibility index (Phi) is 3.55. The van der Waals surface area contributed by atoms with Crippen LogP contribution >= 0.6 is 0 Å². The molecule has 1 aromatic heterocycles. The standard InChI is InChI=1S/C14H16N2O3/c1-4-9-7-10(5-6-12(9)19-3)13-11(14(17)18)8-16(2)15-13/h5-8H,4H2,1-3H3,(H,17,18). The van der Waals surface area contributed by atoms with Crippen molar-refractivity contribution < 1.29 is 14.6 Å². The number of nitrogens with zero attached hydrogens (tertiary/aromatic N) is 2. The molecule has 2 rings (SSSR count). The second-order valence-electron chi connectivity index (χ2n) is 4.25. The van der Waals surface area contributed by atoms with Crippen LogP contribution in [0.1, 0.15) is 22.8 Å². The maximum Gasteiger partial charge on any atom is 0.339 e. The number of aryl methyl sites for hydroxylation is 2. The van der Waals surface area contributed by atoms with E-state index in [4.69, 9.17) is 4.74 Å². The topological polar surface area (TPSA) is 64.4 Å². The van der Waals surface area contributed by atoms with Crippen LogP contribution in [-0.2, 0) is 13.5 Å². The highest BCUT2D eigenvalue weighted by Gasteiger charge is 2.17. The molecule has 5 nitrogen and oxygen atoms in total. The first-order valence-corrected chi connectivity index (χ1v) is 6.01. The summed E-state index contributed by atoms with van der Waals surface area (Å²) in [5.74, 6) is -0.170. The molecule has 0 fully saturated rings. The van der Waals surface area contributed by atoms with Crippen LogP contribution in [0.25, 0.3) is 11.3 Å². The first-order valence-electron chi connectivity index (χ1n) is 6.01. The lowest BCUT2D eigenvalue weighted by molar-refractivity contribution is 0.0697. The van der Waals surface area contributed by atoms with Gasteiger partial charge in [-0.15, -0.1) is 0 Å². The van der Waals surface area contributed by atoms with E-state index in [1.165, 1.54) is 10.9 Å². The maximum absolute atomic E-state index is 11.2. The monoisotopic (exact) mass is 260 g/mol. The van der Waals surface area contributed by atoms with Gasteiger partial charge in [-0.1, -0.05) is 6.92 Å². The molecule has 2 aromatic rings. The van der Waals surface area contributed by atoms with Crippen LogP contribution in [0.3, 0.4) is 0 Å². The van der Waals surface area contributed by atoms with Gasteiger partial charge in [0, 0.05) is 18.8 Å². The molecular weight excluding hydrogens is 244 g/mol. The highest BCUT2D eigenvalue weighted by Crippen LogP contribution is 2.28. The van der Waals surface area contributed by atoms with E-state index >= 15 is 0 Å². The minimum absolute atomic E-state index is 0.203. The Morgan fingerprint density at radius 2 is 2.21 bits per heavy atom. The van der Waals surface area contributed by atoms with Crippen LogP contribution in [0, 0.1) is 0 Å². The van der Waals surface area contributed by atoms with Crippen molar-refractivity contribution in [1.29, 1.82) is 0 Å². The normalized spacial score (nSPS) is 10.5. The van der Waals surface area contributed by atoms with Gasteiger partial charge in [0.05, 0.1) is 7.11 Å². The van der Waals surface area contributed by atoms with Crippen LogP contribution in [0.4, 0.5) is 0 Å². The molecule has 0 spiro atoms. The van der Waals surface area contributed by atoms with Crippen molar-refractivity contribution >= 4 is 5.97 Å². The second-order valence-corrected chi connectivity index (χ2v) is 4.25. The third kappa shape index (κ3) is 2.45. The van der Waals surface area contributed by atoms with Crippen molar-refractivity contribution in [2.24, 2.45) is 7.05 Å². The van der Waals surface area contributed by atoms with Gasteiger partial charge in [-0.3, -0.25) is 4.68 Å². The molecule has 0 saturated heterocycles. The van der Waals surface area contributed by atoms with E-state index in [0.29, 0.717) is 5.69 Å². The molecule has 0 bridgehead atoms. The number of carbonyl (C=O) groups is 1. The average molecular weight is 260 g/mol. The number of aromatic nitrogens is 2. The van der Waals surface area contributed by atoms with E-state index in [9.17, 15) is 9.90 Å². The van der Waals surface area contributed by atoms with Crippen LogP contribution < -0.4 is 4.74 Å². The van der Waals surface area contributed by atoms with Gasteiger partial charge in [-0.25, -0.2) is 4.79 Å². The number of carboxylic acid groups (broad SMARTS) is 1. The Balaban J connectivity index is 2.56. The molecule has 0 radical (unpaired) electrons. The number of methoxy groups -OCH3 is 1. The Morgan fingerprint density at radius 1 is 1.47 bits per heavy atom. The van der Waals surface area contributed by atoms with Gasteiger partial charge in [0.25, 0.3) is 0 Å². The molecule has 0 aliphatic rings. The zero-order valence-corrected chi connectivity index (χ0v) is 11.2. The third-order valence-corrected chi connectivity index (χ3v) is 2.99. The fourth-order valence-corrected chi connectivity index (χ4v) is 2.06. The molecule has 1 aromatic carbocycles. The highest BCUT2D eigenvalue weighted by molar-refractivity contribution is 5.94. The SMILES string of the molecule is CCc1cc(-c2nn(C)cc2C(=O)O)ccc1OC. The van der Waals surface area contributed by atoms with Crippen LogP contribution in [0.2, 0.25) is 0 Å². The van der Waals surface area contributed by atoms with Crippen molar-refractivity contribution in [2.75, 3.05) is 7.11 Å². The first kappa shape index (κ1) is 13.1. The number of rotatable bonds is 4. The number of ether oxygens (including phenoxy) is 1. The molecule has 0 aliphatic carbocycles. The molecule has 0 atom stereocenters. The molecule has 1 N–H and O–H groups in total. The van der Waals surface area contributed by atoms with E-state index in [2.05, 4.69) is 5.10 Å². The lowest BCUT2D eigenvalue weighted by Gasteiger charge is -2.08. The van der Waals surface area contributed by atoms with E-state index in [0.717, 1.165) is 23.3 Å². The predicted molar refractivity (Wildman–Crippen MR) is 71.5 cm³/mol. The summed E-state index contributed by atoms with van der Waals surface area (Å²) in [5.41, 5.74) is 2.50. The summed E-state index contributed by atoms with van der Waals surface area (Å²) in [6.07, 6.45) is 2.32. The summed E-state index contributed by atoms with van der Waals surface area (Å²) in [5, 5.41) is 13.4. The molecule has 0 unspecified atom stereocenters. The van der Waals surface area contributed by atoms with E-state index in [-0.39, 0.29) is 5.56 Å². The van der Waals surface area contributed by atoms with E-state index in [1.54, 1.807) is 14.2 Å². The van der Waals surface area contributed by atoms with Gasteiger partial charge in [-0.05, 0) is 30.2 Å². The quantitative estimate of drug-likeness (QED) is 0.916. The van der Waals surface area contributed by atoms with Crippen molar-refractivity contribution in [1.82, 2.24) is 9.78 Å². The lowest BCUT2D eigenvalue weighted by atomic mass is 10.0. The van der Waals surface area contributed by atoms with Crippen molar-refractivity contribution in [2.45, 2.75) is 13.3 Å². The Bertz CT molecular complexity index is 617. The first-order chi connectivity index (χ1) is 9.06. The largest absolute Gasteiger partial charge is 0.496 e. The minimum Gasteiger partial charge on any atom is -0.496 e. The van der Waals surface area contributed by atoms with Crippen LogP contribution in [0.5, 0.6) is 5.75 Å². The van der Waals surface area contributed by atoms with Crippen molar-refractivity contribution in [3.05, 3.63) is 35.5 Å². The number of hydrogen-bond donors (Lipinski definition) is 1. The molecule has 100 valence electrons. The van der Waals surface area contributed by atoms with Crippen molar-refractivity contribution in [3.63, 3.8) is 0 Å². The molecule has 0 amide bonds. The molecule has 19 heavy (non-hydrogen) atoms. The Hall–Kier alpha value is -2.30. The lowest BCUT2D eigenvalue weighted by Crippen LogP contribution is -1.98. The molecule has 1 heterocycles. The van der Waals surface area contributed by atoms with Gasteiger partial charge in [0.2, 0.25) is 0 Å². The summed E-state index contributed by atoms with van der Waals surface area (Å²) in [6.45, 7) is 2.03. The molecule has 0 aliphatic heterocycles. The fraction of sp³-hybridized carbons (Fsp3) is 0.286. The fourth-order valence-electron chi connectivity index (χ4n) is 2.06. The zero-order chi connectivity index (χ0) is 14.0. The summed E-state index contributed by atoms with van der Waals surface area (Å²) >= 11 is 0. The smallest absolute Gasteiger partial charge is 0.339 e. The third-order valence-electron chi connectivity index (χ3n) is 2.99. The van der Waals surface area contributed by atoms with E-state index < -0.39 is 5.97 Å². The molecule has 5 heteroatoms. The van der Waals surface area contributed by atoms with E-state index in [1.807, 2.05) is 25.1 Å². The molecular formula is C14H16N2O3. The van der Waals surface area contributed by atoms with Gasteiger partial charge in [0.15, 0.2) is 0 Å². The van der Waals surface area contributed by atoms with Crippen LogP contribution in [-0.4, -0.2) is 28.0 Å². The Labute approximate surface area is 111 Å². The second kappa shape index (κ2) is 5.14. The van der Waals surface area contributed by atoms with Gasteiger partial charge < -0.3 is 9.84 Å². The number of carboxylic acids is 1. The zero-order valence-electron chi connectivity index (χ0n) is 11.2. The summed E-state index contributed by atoms with van der Waals surface area (Å²) < 4.78 is 6.78. The summed E-state index contributed by atoms with van der Waals surface area (Å²) in [4.78, 5) is 11.2. The van der Waals surface area contributed by atoms with Crippen LogP contribution in [0.15, 0.2) is 24.4 Å². The molecule has 0 saturated carbocycles. The maximum atomic E-state index is 11.2. The van der Waals surface area contributed by atoms with Gasteiger partial charge in [0.1, 0.15) is 17.0 Å². The van der Waals surface area contributed by atoms with Gasteiger partial charge >= 0.3 is 5.97 Å². The summed E-state index contributed by atoms with van der Waals surface area (Å²) in [6, 6.07) is 5.59. The number of aromatic carboxylic acids is 1. The average Bonchev–Trinajstić information content (AvgIpc) is 2.80. The number of hydrogen-bond acceptors (Lipinski definition) is 3. The highest BCUT2D eigenvalue weighted by atomic mass is 16.5. The minimum atomic E-state index is -0.975. The number of benzene rings is 1. The predicted octanol–water partition coefficient (Wildman–Crippen LogP) is 2.36.